The van der Waals surface area contributed by atoms with Crippen molar-refractivity contribution in [2.24, 2.45) is 0 Å². The first-order chi connectivity index (χ1) is 4.25. The van der Waals surface area contributed by atoms with Crippen molar-refractivity contribution in [1.82, 2.24) is 5.16 Å². The Labute approximate surface area is 53.3 Å². The maximum atomic E-state index is 8.61. The third-order valence-electron chi connectivity index (χ3n) is 1.40. The molecule has 1 aromatic heterocycles. The van der Waals surface area contributed by atoms with E-state index in [9.17, 15) is 0 Å². The Kier molecular flexibility index (Phi) is 1.53. The molecule has 0 fully saturated rings. The van der Waals surface area contributed by atoms with E-state index < -0.39 is 0 Å². The molecule has 1 N–H and O–H groups in total. The van der Waals surface area contributed by atoms with Gasteiger partial charge in [0, 0.05) is 5.56 Å². The minimum atomic E-state index is -0.0385. The molecule has 1 rings (SSSR count). The zero-order valence-corrected chi connectivity index (χ0v) is 5.51. The van der Waals surface area contributed by atoms with Crippen LogP contribution in [0.15, 0.2) is 4.52 Å². The van der Waals surface area contributed by atoms with Gasteiger partial charge in [0.05, 0.1) is 6.61 Å². The van der Waals surface area contributed by atoms with Gasteiger partial charge in [0.25, 0.3) is 0 Å². The van der Waals surface area contributed by atoms with E-state index in [1.54, 1.807) is 0 Å². The Balaban J connectivity index is 3.04. The van der Waals surface area contributed by atoms with Gasteiger partial charge in [0.1, 0.15) is 11.5 Å². The van der Waals surface area contributed by atoms with Crippen LogP contribution in [0, 0.1) is 13.8 Å². The quantitative estimate of drug-likeness (QED) is 0.606. The van der Waals surface area contributed by atoms with E-state index in [1.807, 2.05) is 13.8 Å². The summed E-state index contributed by atoms with van der Waals surface area (Å²) in [5.74, 6) is 0.777. The molecule has 3 heteroatoms. The zero-order chi connectivity index (χ0) is 6.85. The highest BCUT2D eigenvalue weighted by molar-refractivity contribution is 5.18. The van der Waals surface area contributed by atoms with Crippen LogP contribution in [0.4, 0.5) is 0 Å². The van der Waals surface area contributed by atoms with Gasteiger partial charge in [-0.25, -0.2) is 0 Å². The van der Waals surface area contributed by atoms with E-state index in [0.717, 1.165) is 11.3 Å². The Bertz CT molecular complexity index is 205. The second-order valence-corrected chi connectivity index (χ2v) is 1.97. The molecule has 0 aliphatic carbocycles. The van der Waals surface area contributed by atoms with Crippen LogP contribution in [0.2, 0.25) is 0 Å². The molecule has 1 heterocycles. The maximum absolute atomic E-state index is 8.61. The summed E-state index contributed by atoms with van der Waals surface area (Å²) in [7, 11) is 0. The summed E-state index contributed by atoms with van der Waals surface area (Å²) in [5.41, 5.74) is 1.57. The number of hydrogen-bond acceptors (Lipinski definition) is 3. The highest BCUT2D eigenvalue weighted by Gasteiger charge is 2.04. The van der Waals surface area contributed by atoms with E-state index >= 15 is 0 Å². The summed E-state index contributed by atoms with van der Waals surface area (Å²) in [4.78, 5) is 0. The summed E-state index contributed by atoms with van der Waals surface area (Å²) < 4.78 is 4.78. The highest BCUT2D eigenvalue weighted by atomic mass is 16.5. The second kappa shape index (κ2) is 2.19. The van der Waals surface area contributed by atoms with Crippen LogP contribution in [0.5, 0.6) is 0 Å². The number of aliphatic hydroxyl groups is 1. The zero-order valence-electron chi connectivity index (χ0n) is 5.51. The first kappa shape index (κ1) is 6.29. The summed E-state index contributed by atoms with van der Waals surface area (Å²) in [6.07, 6.45) is 0. The number of aliphatic hydroxyl groups excluding tert-OH is 1. The van der Waals surface area contributed by atoms with Crippen LogP contribution in [-0.2, 0) is 6.61 Å². The van der Waals surface area contributed by atoms with Gasteiger partial charge in [-0.3, -0.25) is 0 Å². The SMILES string of the molecule is Cc1onc(CO)c1C. The molecule has 0 aliphatic rings. The first-order valence-electron chi connectivity index (χ1n) is 2.78. The topological polar surface area (TPSA) is 46.3 Å². The Morgan fingerprint density at radius 3 is 2.44 bits per heavy atom. The van der Waals surface area contributed by atoms with Crippen LogP contribution in [0.1, 0.15) is 17.0 Å². The fraction of sp³-hybridized carbons (Fsp3) is 0.500. The molecule has 3 nitrogen and oxygen atoms in total. The summed E-state index contributed by atoms with van der Waals surface area (Å²) in [6, 6.07) is 0. The molecular formula is C6H9NO2. The summed E-state index contributed by atoms with van der Waals surface area (Å²) in [5, 5.41) is 12.2. The Morgan fingerprint density at radius 1 is 1.56 bits per heavy atom. The molecule has 50 valence electrons. The van der Waals surface area contributed by atoms with Crippen LogP contribution in [0.3, 0.4) is 0 Å². The largest absolute Gasteiger partial charge is 0.390 e. The van der Waals surface area contributed by atoms with Gasteiger partial charge < -0.3 is 9.63 Å². The second-order valence-electron chi connectivity index (χ2n) is 1.97. The predicted octanol–water partition coefficient (Wildman–Crippen LogP) is 0.784. The third kappa shape index (κ3) is 0.954. The van der Waals surface area contributed by atoms with E-state index in [2.05, 4.69) is 5.16 Å². The van der Waals surface area contributed by atoms with Gasteiger partial charge in [-0.1, -0.05) is 5.16 Å². The average molecular weight is 127 g/mol. The molecule has 0 radical (unpaired) electrons. The number of nitrogens with zero attached hydrogens (tertiary/aromatic N) is 1. The molecule has 0 spiro atoms. The molecule has 1 aromatic rings. The van der Waals surface area contributed by atoms with Crippen molar-refractivity contribution < 1.29 is 9.63 Å². The standard InChI is InChI=1S/C6H9NO2/c1-4-5(2)9-7-6(4)3-8/h8H,3H2,1-2H3. The van der Waals surface area contributed by atoms with E-state index in [4.69, 9.17) is 9.63 Å². The van der Waals surface area contributed by atoms with Crippen molar-refractivity contribution >= 4 is 0 Å². The van der Waals surface area contributed by atoms with Crippen molar-refractivity contribution in [2.45, 2.75) is 20.5 Å². The lowest BCUT2D eigenvalue weighted by molar-refractivity contribution is 0.265. The van der Waals surface area contributed by atoms with Crippen LogP contribution in [-0.4, -0.2) is 10.3 Å². The Hall–Kier alpha value is -0.830. The molecule has 0 atom stereocenters. The van der Waals surface area contributed by atoms with Crippen molar-refractivity contribution in [3.05, 3.63) is 17.0 Å². The molecule has 0 aromatic carbocycles. The highest BCUT2D eigenvalue weighted by Crippen LogP contribution is 2.09. The third-order valence-corrected chi connectivity index (χ3v) is 1.40. The average Bonchev–Trinajstić information content (AvgIpc) is 2.15. The molecule has 0 unspecified atom stereocenters. The van der Waals surface area contributed by atoms with Crippen molar-refractivity contribution in [3.63, 3.8) is 0 Å². The van der Waals surface area contributed by atoms with Gasteiger partial charge >= 0.3 is 0 Å². The minimum Gasteiger partial charge on any atom is -0.390 e. The molecule has 0 saturated heterocycles. The minimum absolute atomic E-state index is 0.0385. The Morgan fingerprint density at radius 2 is 2.22 bits per heavy atom. The summed E-state index contributed by atoms with van der Waals surface area (Å²) >= 11 is 0. The number of aryl methyl sites for hydroxylation is 1. The molecule has 0 saturated carbocycles. The van der Waals surface area contributed by atoms with Crippen molar-refractivity contribution in [3.8, 4) is 0 Å². The lowest BCUT2D eigenvalue weighted by Crippen LogP contribution is -1.84. The normalized spacial score (nSPS) is 10.1. The van der Waals surface area contributed by atoms with Gasteiger partial charge in [0.2, 0.25) is 0 Å². The molecular weight excluding hydrogens is 118 g/mol. The van der Waals surface area contributed by atoms with Gasteiger partial charge in [0.15, 0.2) is 0 Å². The monoisotopic (exact) mass is 127 g/mol. The number of aromatic nitrogens is 1. The van der Waals surface area contributed by atoms with Gasteiger partial charge in [-0.15, -0.1) is 0 Å². The lowest BCUT2D eigenvalue weighted by atomic mass is 10.2. The van der Waals surface area contributed by atoms with Crippen LogP contribution >= 0.6 is 0 Å². The molecule has 0 amide bonds. The molecule has 9 heavy (non-hydrogen) atoms. The van der Waals surface area contributed by atoms with Crippen LogP contribution in [0.25, 0.3) is 0 Å². The predicted molar refractivity (Wildman–Crippen MR) is 31.9 cm³/mol. The van der Waals surface area contributed by atoms with Crippen molar-refractivity contribution in [1.29, 1.82) is 0 Å². The maximum Gasteiger partial charge on any atom is 0.136 e. The van der Waals surface area contributed by atoms with Crippen LogP contribution < -0.4 is 0 Å². The number of rotatable bonds is 1. The van der Waals surface area contributed by atoms with Gasteiger partial charge in [-0.05, 0) is 13.8 Å². The van der Waals surface area contributed by atoms with E-state index in [1.165, 1.54) is 0 Å². The smallest absolute Gasteiger partial charge is 0.136 e. The lowest BCUT2D eigenvalue weighted by Gasteiger charge is -1.85. The fourth-order valence-corrected chi connectivity index (χ4v) is 0.611. The van der Waals surface area contributed by atoms with Crippen molar-refractivity contribution in [2.75, 3.05) is 0 Å². The fourth-order valence-electron chi connectivity index (χ4n) is 0.611. The summed E-state index contributed by atoms with van der Waals surface area (Å²) in [6.45, 7) is 3.65. The molecule has 0 bridgehead atoms. The van der Waals surface area contributed by atoms with E-state index in [-0.39, 0.29) is 6.61 Å². The van der Waals surface area contributed by atoms with Gasteiger partial charge in [-0.2, -0.15) is 0 Å². The number of hydrogen-bond donors (Lipinski definition) is 1. The molecule has 0 aliphatic heterocycles. The van der Waals surface area contributed by atoms with E-state index in [0.29, 0.717) is 5.69 Å². The first-order valence-corrected chi connectivity index (χ1v) is 2.78.